The van der Waals surface area contributed by atoms with Crippen LogP contribution in [0.4, 0.5) is 0 Å². The van der Waals surface area contributed by atoms with Crippen molar-refractivity contribution in [3.8, 4) is 11.5 Å². The highest BCUT2D eigenvalue weighted by atomic mass is 15.2. The van der Waals surface area contributed by atoms with Gasteiger partial charge in [0, 0.05) is 31.2 Å². The number of imidazole rings is 2. The minimum Gasteiger partial charge on any atom is -0.342 e. The van der Waals surface area contributed by atoms with Crippen molar-refractivity contribution in [1.82, 2.24) is 29.3 Å². The lowest BCUT2D eigenvalue weighted by atomic mass is 10.3. The topological polar surface area (TPSA) is 64.3 Å². The zero-order valence-electron chi connectivity index (χ0n) is 9.41. The van der Waals surface area contributed by atoms with Crippen LogP contribution in [0.15, 0.2) is 37.3 Å². The second-order valence-electron chi connectivity index (χ2n) is 3.87. The van der Waals surface area contributed by atoms with Gasteiger partial charge in [-0.1, -0.05) is 0 Å². The molecule has 0 unspecified atom stereocenters. The van der Waals surface area contributed by atoms with Gasteiger partial charge < -0.3 is 9.55 Å². The minimum absolute atomic E-state index is 0.752. The number of H-pyrrole nitrogens is 1. The summed E-state index contributed by atoms with van der Waals surface area (Å²) in [4.78, 5) is 11.4. The highest BCUT2D eigenvalue weighted by molar-refractivity contribution is 5.48. The van der Waals surface area contributed by atoms with Crippen LogP contribution in [0.25, 0.3) is 11.5 Å². The molecule has 3 aromatic heterocycles. The van der Waals surface area contributed by atoms with Crippen molar-refractivity contribution < 1.29 is 0 Å². The van der Waals surface area contributed by atoms with Crippen molar-refractivity contribution in [2.24, 2.45) is 7.05 Å². The Balaban J connectivity index is 1.92. The van der Waals surface area contributed by atoms with E-state index in [0.717, 1.165) is 23.6 Å². The molecule has 0 atom stereocenters. The number of aryl methyl sites for hydroxylation is 1. The number of hydrogen-bond acceptors (Lipinski definition) is 3. The molecule has 0 fully saturated rings. The molecule has 6 heteroatoms. The predicted octanol–water partition coefficient (Wildman–Crippen LogP) is 1.05. The first-order chi connectivity index (χ1) is 8.33. The summed E-state index contributed by atoms with van der Waals surface area (Å²) in [6, 6.07) is 0. The Hall–Kier alpha value is -2.37. The number of aromatic amines is 1. The molecule has 0 saturated heterocycles. The van der Waals surface area contributed by atoms with E-state index < -0.39 is 0 Å². The fraction of sp³-hybridized carbons (Fsp3) is 0.182. The summed E-state index contributed by atoms with van der Waals surface area (Å²) in [5, 5.41) is 4.15. The fourth-order valence-electron chi connectivity index (χ4n) is 1.81. The number of rotatable bonds is 3. The second-order valence-corrected chi connectivity index (χ2v) is 3.87. The van der Waals surface area contributed by atoms with Gasteiger partial charge in [0.2, 0.25) is 0 Å². The molecule has 17 heavy (non-hydrogen) atoms. The largest absolute Gasteiger partial charge is 0.342 e. The first-order valence-corrected chi connectivity index (χ1v) is 5.30. The van der Waals surface area contributed by atoms with Crippen LogP contribution >= 0.6 is 0 Å². The summed E-state index contributed by atoms with van der Waals surface area (Å²) >= 11 is 0. The molecular weight excluding hydrogens is 216 g/mol. The van der Waals surface area contributed by atoms with Gasteiger partial charge in [-0.2, -0.15) is 5.10 Å². The average molecular weight is 228 g/mol. The van der Waals surface area contributed by atoms with Crippen molar-refractivity contribution in [2.45, 2.75) is 6.54 Å². The van der Waals surface area contributed by atoms with Gasteiger partial charge in [0.1, 0.15) is 5.69 Å². The molecule has 86 valence electrons. The van der Waals surface area contributed by atoms with Gasteiger partial charge in [-0.15, -0.1) is 0 Å². The van der Waals surface area contributed by atoms with Gasteiger partial charge in [-0.05, 0) is 0 Å². The normalized spacial score (nSPS) is 10.9. The molecule has 3 heterocycles. The average Bonchev–Trinajstić information content (AvgIpc) is 3.00. The van der Waals surface area contributed by atoms with E-state index in [2.05, 4.69) is 24.6 Å². The Bertz CT molecular complexity index is 603. The smallest absolute Gasteiger partial charge is 0.158 e. The SMILES string of the molecule is Cn1cc(Cn2ccnc2-c2cnc[nH]2)cn1. The number of hydrogen-bond donors (Lipinski definition) is 1. The maximum atomic E-state index is 4.33. The zero-order chi connectivity index (χ0) is 11.7. The van der Waals surface area contributed by atoms with E-state index in [0.29, 0.717) is 0 Å². The Labute approximate surface area is 98.0 Å². The lowest BCUT2D eigenvalue weighted by Crippen LogP contribution is -2.00. The predicted molar refractivity (Wildman–Crippen MR) is 62.1 cm³/mol. The van der Waals surface area contributed by atoms with Crippen molar-refractivity contribution in [1.29, 1.82) is 0 Å². The molecule has 1 N–H and O–H groups in total. The van der Waals surface area contributed by atoms with Crippen LogP contribution in [0.3, 0.4) is 0 Å². The van der Waals surface area contributed by atoms with Gasteiger partial charge in [0.25, 0.3) is 0 Å². The first-order valence-electron chi connectivity index (χ1n) is 5.30. The van der Waals surface area contributed by atoms with E-state index in [1.165, 1.54) is 0 Å². The Kier molecular flexibility index (Phi) is 2.25. The van der Waals surface area contributed by atoms with Crippen molar-refractivity contribution >= 4 is 0 Å². The van der Waals surface area contributed by atoms with E-state index in [1.807, 2.05) is 25.6 Å². The molecule has 3 aromatic rings. The number of nitrogens with one attached hydrogen (secondary N) is 1. The lowest BCUT2D eigenvalue weighted by Gasteiger charge is -2.03. The Morgan fingerprint density at radius 2 is 2.29 bits per heavy atom. The van der Waals surface area contributed by atoms with E-state index in [-0.39, 0.29) is 0 Å². The van der Waals surface area contributed by atoms with Gasteiger partial charge in [-0.25, -0.2) is 9.97 Å². The molecule has 0 spiro atoms. The highest BCUT2D eigenvalue weighted by Gasteiger charge is 2.07. The van der Waals surface area contributed by atoms with Crippen LogP contribution in [0.5, 0.6) is 0 Å². The van der Waals surface area contributed by atoms with Crippen LogP contribution in [-0.4, -0.2) is 29.3 Å². The van der Waals surface area contributed by atoms with E-state index in [9.17, 15) is 0 Å². The van der Waals surface area contributed by atoms with Gasteiger partial charge in [0.05, 0.1) is 25.3 Å². The summed E-state index contributed by atoms with van der Waals surface area (Å²) in [7, 11) is 1.91. The van der Waals surface area contributed by atoms with E-state index >= 15 is 0 Å². The molecular formula is C11H12N6. The number of nitrogens with zero attached hydrogens (tertiary/aromatic N) is 5. The van der Waals surface area contributed by atoms with Crippen LogP contribution < -0.4 is 0 Å². The monoisotopic (exact) mass is 228 g/mol. The van der Waals surface area contributed by atoms with Gasteiger partial charge in [-0.3, -0.25) is 4.68 Å². The summed E-state index contributed by atoms with van der Waals surface area (Å²) in [5.74, 6) is 0.881. The van der Waals surface area contributed by atoms with Crippen molar-refractivity contribution in [3.63, 3.8) is 0 Å². The molecule has 0 aliphatic heterocycles. The molecule has 0 bridgehead atoms. The van der Waals surface area contributed by atoms with Crippen LogP contribution in [0, 0.1) is 0 Å². The van der Waals surface area contributed by atoms with Gasteiger partial charge >= 0.3 is 0 Å². The number of aromatic nitrogens is 6. The minimum atomic E-state index is 0.752. The van der Waals surface area contributed by atoms with Crippen LogP contribution in [0.2, 0.25) is 0 Å². The van der Waals surface area contributed by atoms with Crippen molar-refractivity contribution in [3.05, 3.63) is 42.9 Å². The molecule has 3 rings (SSSR count). The van der Waals surface area contributed by atoms with Crippen molar-refractivity contribution in [2.75, 3.05) is 0 Å². The Morgan fingerprint density at radius 1 is 1.35 bits per heavy atom. The molecule has 0 aliphatic carbocycles. The summed E-state index contributed by atoms with van der Waals surface area (Å²) < 4.78 is 3.85. The first kappa shape index (κ1) is 9.83. The quantitative estimate of drug-likeness (QED) is 0.728. The zero-order valence-corrected chi connectivity index (χ0v) is 9.41. The summed E-state index contributed by atoms with van der Waals surface area (Å²) in [6.45, 7) is 0.752. The second kappa shape index (κ2) is 3.89. The molecule has 0 amide bonds. The third-order valence-corrected chi connectivity index (χ3v) is 2.57. The third-order valence-electron chi connectivity index (χ3n) is 2.57. The molecule has 6 nitrogen and oxygen atoms in total. The lowest BCUT2D eigenvalue weighted by molar-refractivity contribution is 0.763. The standard InChI is InChI=1S/C11H12N6/c1-16-6-9(4-15-16)7-17-3-2-13-11(17)10-5-12-8-14-10/h2-6,8H,7H2,1H3,(H,12,14). The van der Waals surface area contributed by atoms with Crippen LogP contribution in [0.1, 0.15) is 5.56 Å². The third kappa shape index (κ3) is 1.84. The summed E-state index contributed by atoms with van der Waals surface area (Å²) in [5.41, 5.74) is 2.06. The molecule has 0 aromatic carbocycles. The molecule has 0 radical (unpaired) electrons. The molecule has 0 saturated carbocycles. The Morgan fingerprint density at radius 3 is 3.00 bits per heavy atom. The van der Waals surface area contributed by atoms with Crippen LogP contribution in [-0.2, 0) is 13.6 Å². The van der Waals surface area contributed by atoms with E-state index in [4.69, 9.17) is 0 Å². The maximum Gasteiger partial charge on any atom is 0.158 e. The van der Waals surface area contributed by atoms with E-state index in [1.54, 1.807) is 23.4 Å². The fourth-order valence-corrected chi connectivity index (χ4v) is 1.81. The van der Waals surface area contributed by atoms with Gasteiger partial charge in [0.15, 0.2) is 5.82 Å². The maximum absolute atomic E-state index is 4.33. The highest BCUT2D eigenvalue weighted by Crippen LogP contribution is 2.14. The summed E-state index contributed by atoms with van der Waals surface area (Å²) in [6.07, 6.45) is 11.0. The molecule has 0 aliphatic rings.